The van der Waals surface area contributed by atoms with Crippen LogP contribution in [0.4, 0.5) is 0 Å². The minimum absolute atomic E-state index is 0.884. The lowest BCUT2D eigenvalue weighted by molar-refractivity contribution is 1.30. The molecule has 0 amide bonds. The highest BCUT2D eigenvalue weighted by molar-refractivity contribution is 7.03. The summed E-state index contributed by atoms with van der Waals surface area (Å²) in [4.78, 5) is 19.2. The van der Waals surface area contributed by atoms with Crippen molar-refractivity contribution >= 4 is 51.2 Å². The molecule has 1 aliphatic rings. The summed E-state index contributed by atoms with van der Waals surface area (Å²) in [5.41, 5.74) is 14.3. The van der Waals surface area contributed by atoms with Crippen LogP contribution >= 0.6 is 0 Å². The number of benzene rings is 5. The molecule has 0 spiro atoms. The molecule has 51 heavy (non-hydrogen) atoms. The van der Waals surface area contributed by atoms with Crippen LogP contribution in [0.5, 0.6) is 0 Å². The highest BCUT2D eigenvalue weighted by atomic mass is 28.3. The number of para-hydroxylation sites is 1. The lowest BCUT2D eigenvalue weighted by Gasteiger charge is -2.20. The average Bonchev–Trinajstić information content (AvgIpc) is 3.42. The van der Waals surface area contributed by atoms with Gasteiger partial charge in [0, 0.05) is 57.6 Å². The summed E-state index contributed by atoms with van der Waals surface area (Å²) < 4.78 is 0. The molecule has 0 radical (unpaired) electrons. The molecule has 0 unspecified atom stereocenters. The van der Waals surface area contributed by atoms with E-state index in [9.17, 15) is 0 Å². The maximum Gasteiger partial charge on any atom is 0.113 e. The van der Waals surface area contributed by atoms with Crippen molar-refractivity contribution < 1.29 is 0 Å². The SMILES string of the molecule is C[Si]1(C)c2ccccc2-c2ccc(-c3cc(-c4ccc(-c5cnc6c(ccc7cccnc76)c5)nc4)cc(-c4cccc5cccnc45)c3)cc21. The zero-order valence-corrected chi connectivity index (χ0v) is 29.3. The Morgan fingerprint density at radius 1 is 0.373 bits per heavy atom. The first-order valence-electron chi connectivity index (χ1n) is 17.4. The minimum atomic E-state index is -1.84. The van der Waals surface area contributed by atoms with Gasteiger partial charge in [-0.15, -0.1) is 0 Å². The number of aromatic nitrogens is 4. The van der Waals surface area contributed by atoms with Crippen molar-refractivity contribution in [1.29, 1.82) is 0 Å². The van der Waals surface area contributed by atoms with E-state index < -0.39 is 8.07 Å². The van der Waals surface area contributed by atoms with E-state index in [1.165, 1.54) is 32.6 Å². The van der Waals surface area contributed by atoms with E-state index in [1.54, 1.807) is 0 Å². The first kappa shape index (κ1) is 29.6. The zero-order valence-electron chi connectivity index (χ0n) is 28.3. The van der Waals surface area contributed by atoms with Crippen LogP contribution in [0.15, 0.2) is 158 Å². The molecule has 9 aromatic rings. The third-order valence-electron chi connectivity index (χ3n) is 10.6. The second kappa shape index (κ2) is 11.4. The number of nitrogens with zero attached hydrogens (tertiary/aromatic N) is 4. The van der Waals surface area contributed by atoms with Crippen molar-refractivity contribution in [3.05, 3.63) is 158 Å². The molecule has 5 aromatic carbocycles. The molecular formula is C46H32N4Si. The molecule has 0 atom stereocenters. The highest BCUT2D eigenvalue weighted by Crippen LogP contribution is 2.37. The Morgan fingerprint density at radius 3 is 1.86 bits per heavy atom. The van der Waals surface area contributed by atoms with Crippen LogP contribution < -0.4 is 10.4 Å². The fraction of sp³-hybridized carbons (Fsp3) is 0.0435. The predicted molar refractivity (Wildman–Crippen MR) is 214 cm³/mol. The Labute approximate surface area is 297 Å². The summed E-state index contributed by atoms with van der Waals surface area (Å²) in [6, 6.07) is 48.2. The predicted octanol–water partition coefficient (Wildman–Crippen LogP) is 10.2. The summed E-state index contributed by atoms with van der Waals surface area (Å²) in [6.45, 7) is 4.95. The summed E-state index contributed by atoms with van der Waals surface area (Å²) in [7, 11) is -1.84. The average molecular weight is 669 g/mol. The summed E-state index contributed by atoms with van der Waals surface area (Å²) in [5.74, 6) is 0. The number of rotatable bonds is 4. The molecular weight excluding hydrogens is 637 g/mol. The van der Waals surface area contributed by atoms with E-state index >= 15 is 0 Å². The Hall–Kier alpha value is -6.30. The monoisotopic (exact) mass is 668 g/mol. The molecule has 10 rings (SSSR count). The fourth-order valence-electron chi connectivity index (χ4n) is 7.95. The van der Waals surface area contributed by atoms with Gasteiger partial charge in [0.15, 0.2) is 0 Å². The lowest BCUT2D eigenvalue weighted by Crippen LogP contribution is -2.49. The molecule has 5 heterocycles. The van der Waals surface area contributed by atoms with E-state index in [4.69, 9.17) is 15.0 Å². The Morgan fingerprint density at radius 2 is 1.02 bits per heavy atom. The molecule has 4 nitrogen and oxygen atoms in total. The van der Waals surface area contributed by atoms with Gasteiger partial charge in [0.25, 0.3) is 0 Å². The molecule has 0 fully saturated rings. The topological polar surface area (TPSA) is 51.6 Å². The molecule has 4 aromatic heterocycles. The third kappa shape index (κ3) is 4.81. The van der Waals surface area contributed by atoms with Gasteiger partial charge >= 0.3 is 0 Å². The fourth-order valence-corrected chi connectivity index (χ4v) is 11.1. The second-order valence-corrected chi connectivity index (χ2v) is 18.3. The van der Waals surface area contributed by atoms with Crippen LogP contribution in [0.2, 0.25) is 13.1 Å². The number of hydrogen-bond donors (Lipinski definition) is 0. The Balaban J connectivity index is 1.09. The summed E-state index contributed by atoms with van der Waals surface area (Å²) >= 11 is 0. The van der Waals surface area contributed by atoms with Crippen LogP contribution in [-0.2, 0) is 0 Å². The largest absolute Gasteiger partial charge is 0.256 e. The second-order valence-electron chi connectivity index (χ2n) is 14.0. The van der Waals surface area contributed by atoms with Gasteiger partial charge in [-0.25, -0.2) is 0 Å². The van der Waals surface area contributed by atoms with Crippen LogP contribution in [0.1, 0.15) is 0 Å². The summed E-state index contributed by atoms with van der Waals surface area (Å²) in [5, 5.41) is 6.28. The van der Waals surface area contributed by atoms with Crippen LogP contribution in [0.25, 0.3) is 88.5 Å². The van der Waals surface area contributed by atoms with E-state index in [2.05, 4.69) is 139 Å². The van der Waals surface area contributed by atoms with Gasteiger partial charge in [-0.3, -0.25) is 19.9 Å². The van der Waals surface area contributed by atoms with Crippen LogP contribution in [0.3, 0.4) is 0 Å². The van der Waals surface area contributed by atoms with E-state index in [0.29, 0.717) is 0 Å². The van der Waals surface area contributed by atoms with E-state index in [0.717, 1.165) is 66.2 Å². The molecule has 0 aliphatic carbocycles. The number of hydrogen-bond acceptors (Lipinski definition) is 4. The minimum Gasteiger partial charge on any atom is -0.256 e. The van der Waals surface area contributed by atoms with Crippen molar-refractivity contribution in [1.82, 2.24) is 19.9 Å². The third-order valence-corrected chi connectivity index (χ3v) is 14.2. The number of pyridine rings is 4. The lowest BCUT2D eigenvalue weighted by atomic mass is 9.92. The molecule has 0 saturated heterocycles. The van der Waals surface area contributed by atoms with Gasteiger partial charge in [-0.2, -0.15) is 0 Å². The van der Waals surface area contributed by atoms with Gasteiger partial charge in [-0.05, 0) is 86.2 Å². The van der Waals surface area contributed by atoms with Gasteiger partial charge in [0.2, 0.25) is 0 Å². The van der Waals surface area contributed by atoms with E-state index in [1.807, 2.05) is 36.9 Å². The smallest absolute Gasteiger partial charge is 0.113 e. The van der Waals surface area contributed by atoms with Gasteiger partial charge in [0.05, 0.1) is 22.2 Å². The maximum atomic E-state index is 4.98. The van der Waals surface area contributed by atoms with Crippen molar-refractivity contribution in [2.24, 2.45) is 0 Å². The Kier molecular flexibility index (Phi) is 6.60. The molecule has 240 valence electrons. The molecule has 0 N–H and O–H groups in total. The van der Waals surface area contributed by atoms with Gasteiger partial charge < -0.3 is 0 Å². The molecule has 5 heteroatoms. The van der Waals surface area contributed by atoms with Crippen molar-refractivity contribution in [3.63, 3.8) is 0 Å². The standard InChI is InChI=1S/C46H32N4Si/c1-51(2)42-13-4-3-11-39(42)40-18-16-31(26-43(40)51)34-23-35(25-36(24-34)38-12-5-8-29-9-6-20-47-44(29)38)33-17-19-41(49-27-33)37-22-32-15-14-30-10-7-21-48-45(30)46(32)50-28-37/h3-28H,1-2H3. The molecule has 0 bridgehead atoms. The van der Waals surface area contributed by atoms with Crippen molar-refractivity contribution in [2.75, 3.05) is 0 Å². The molecule has 1 aliphatic heterocycles. The number of fused-ring (bicyclic) bond motifs is 7. The maximum absolute atomic E-state index is 4.98. The van der Waals surface area contributed by atoms with Gasteiger partial charge in [0.1, 0.15) is 8.07 Å². The zero-order chi connectivity index (χ0) is 34.1. The van der Waals surface area contributed by atoms with Crippen molar-refractivity contribution in [2.45, 2.75) is 13.1 Å². The van der Waals surface area contributed by atoms with E-state index in [-0.39, 0.29) is 0 Å². The highest BCUT2D eigenvalue weighted by Gasteiger charge is 2.37. The summed E-state index contributed by atoms with van der Waals surface area (Å²) in [6.07, 6.45) is 7.59. The first-order valence-corrected chi connectivity index (χ1v) is 20.4. The Bertz CT molecular complexity index is 2840. The van der Waals surface area contributed by atoms with Crippen LogP contribution in [0, 0.1) is 0 Å². The van der Waals surface area contributed by atoms with Crippen molar-refractivity contribution in [3.8, 4) is 55.8 Å². The first-order chi connectivity index (χ1) is 25.0. The van der Waals surface area contributed by atoms with Crippen LogP contribution in [-0.4, -0.2) is 28.0 Å². The normalized spacial score (nSPS) is 13.1. The molecule has 0 saturated carbocycles. The van der Waals surface area contributed by atoms with Gasteiger partial charge in [-0.1, -0.05) is 104 Å². The quantitative estimate of drug-likeness (QED) is 0.138.